The van der Waals surface area contributed by atoms with Gasteiger partial charge in [-0.15, -0.1) is 0 Å². The third kappa shape index (κ3) is 4.07. The lowest BCUT2D eigenvalue weighted by Crippen LogP contribution is -2.16. The SMILES string of the molecule is CC(=O)c1cc(NC(=O)c2ccc(C(F)(F)F)cc2Cl)n(-c2ccccc2)n1. The van der Waals surface area contributed by atoms with Crippen molar-refractivity contribution in [3.63, 3.8) is 0 Å². The monoisotopic (exact) mass is 407 g/mol. The van der Waals surface area contributed by atoms with Crippen molar-refractivity contribution < 1.29 is 22.8 Å². The molecule has 0 fully saturated rings. The molecule has 3 aromatic rings. The van der Waals surface area contributed by atoms with Gasteiger partial charge in [0, 0.05) is 13.0 Å². The molecule has 0 spiro atoms. The highest BCUT2D eigenvalue weighted by molar-refractivity contribution is 6.34. The van der Waals surface area contributed by atoms with Gasteiger partial charge in [0.1, 0.15) is 11.5 Å². The summed E-state index contributed by atoms with van der Waals surface area (Å²) in [7, 11) is 0. The first-order chi connectivity index (χ1) is 13.2. The molecule has 0 atom stereocenters. The van der Waals surface area contributed by atoms with E-state index in [1.807, 2.05) is 0 Å². The molecule has 144 valence electrons. The molecule has 0 aliphatic heterocycles. The van der Waals surface area contributed by atoms with Gasteiger partial charge in [-0.3, -0.25) is 9.59 Å². The van der Waals surface area contributed by atoms with E-state index in [9.17, 15) is 22.8 Å². The number of carbonyl (C=O) groups is 2. The van der Waals surface area contributed by atoms with Gasteiger partial charge in [-0.25, -0.2) is 4.68 Å². The van der Waals surface area contributed by atoms with Crippen LogP contribution >= 0.6 is 11.6 Å². The maximum Gasteiger partial charge on any atom is 0.416 e. The molecule has 1 amide bonds. The quantitative estimate of drug-likeness (QED) is 0.619. The normalized spacial score (nSPS) is 11.3. The third-order valence-corrected chi connectivity index (χ3v) is 4.17. The summed E-state index contributed by atoms with van der Waals surface area (Å²) in [6.07, 6.45) is -4.57. The van der Waals surface area contributed by atoms with Gasteiger partial charge in [-0.2, -0.15) is 18.3 Å². The molecule has 2 aromatic carbocycles. The lowest BCUT2D eigenvalue weighted by atomic mass is 10.1. The minimum absolute atomic E-state index is 0.123. The van der Waals surface area contributed by atoms with Crippen LogP contribution in [0.5, 0.6) is 0 Å². The van der Waals surface area contributed by atoms with E-state index >= 15 is 0 Å². The highest BCUT2D eigenvalue weighted by Gasteiger charge is 2.31. The summed E-state index contributed by atoms with van der Waals surface area (Å²) >= 11 is 5.87. The number of aromatic nitrogens is 2. The van der Waals surface area contributed by atoms with Crippen molar-refractivity contribution in [3.05, 3.63) is 76.4 Å². The first kappa shape index (κ1) is 19.6. The van der Waals surface area contributed by atoms with Gasteiger partial charge in [0.05, 0.1) is 21.8 Å². The lowest BCUT2D eigenvalue weighted by molar-refractivity contribution is -0.137. The van der Waals surface area contributed by atoms with Crippen LogP contribution in [0.2, 0.25) is 5.02 Å². The fourth-order valence-electron chi connectivity index (χ4n) is 2.47. The average molecular weight is 408 g/mol. The van der Waals surface area contributed by atoms with E-state index in [2.05, 4.69) is 10.4 Å². The molecule has 0 radical (unpaired) electrons. The Morgan fingerprint density at radius 3 is 2.32 bits per heavy atom. The van der Waals surface area contributed by atoms with Crippen molar-refractivity contribution in [2.75, 3.05) is 5.32 Å². The van der Waals surface area contributed by atoms with Crippen LogP contribution in [0.3, 0.4) is 0 Å². The number of hydrogen-bond acceptors (Lipinski definition) is 3. The standard InChI is InChI=1S/C19H13ClF3N3O2/c1-11(27)16-10-17(26(25-16)13-5-3-2-4-6-13)24-18(28)14-8-7-12(9-15(14)20)19(21,22)23/h2-10H,1H3,(H,24,28). The number of ketones is 1. The summed E-state index contributed by atoms with van der Waals surface area (Å²) < 4.78 is 39.6. The molecule has 1 aromatic heterocycles. The number of para-hydroxylation sites is 1. The second-order valence-electron chi connectivity index (χ2n) is 5.86. The third-order valence-electron chi connectivity index (χ3n) is 3.85. The summed E-state index contributed by atoms with van der Waals surface area (Å²) in [6, 6.07) is 12.6. The fraction of sp³-hybridized carbons (Fsp3) is 0.105. The van der Waals surface area contributed by atoms with Crippen molar-refractivity contribution in [1.29, 1.82) is 0 Å². The molecule has 1 heterocycles. The Hall–Kier alpha value is -3.13. The maximum atomic E-state index is 12.8. The molecule has 5 nitrogen and oxygen atoms in total. The van der Waals surface area contributed by atoms with Crippen LogP contribution in [0, 0.1) is 0 Å². The van der Waals surface area contributed by atoms with Crippen LogP contribution < -0.4 is 5.32 Å². The Bertz CT molecular complexity index is 1050. The topological polar surface area (TPSA) is 64.0 Å². The molecule has 0 aliphatic rings. The van der Waals surface area contributed by atoms with Crippen LogP contribution in [0.25, 0.3) is 5.69 Å². The summed E-state index contributed by atoms with van der Waals surface area (Å²) in [5.41, 5.74) is -0.386. The molecule has 0 saturated heterocycles. The largest absolute Gasteiger partial charge is 0.416 e. The number of benzene rings is 2. The van der Waals surface area contributed by atoms with Gasteiger partial charge in [0.25, 0.3) is 5.91 Å². The first-order valence-electron chi connectivity index (χ1n) is 8.01. The molecule has 0 aliphatic carbocycles. The zero-order chi connectivity index (χ0) is 20.5. The fourth-order valence-corrected chi connectivity index (χ4v) is 2.73. The van der Waals surface area contributed by atoms with Gasteiger partial charge in [0.2, 0.25) is 0 Å². The maximum absolute atomic E-state index is 12.8. The van der Waals surface area contributed by atoms with Crippen molar-refractivity contribution in [1.82, 2.24) is 9.78 Å². The lowest BCUT2D eigenvalue weighted by Gasteiger charge is -2.11. The van der Waals surface area contributed by atoms with Gasteiger partial charge in [-0.05, 0) is 30.3 Å². The Morgan fingerprint density at radius 1 is 1.07 bits per heavy atom. The van der Waals surface area contributed by atoms with Gasteiger partial charge in [-0.1, -0.05) is 29.8 Å². The molecule has 0 unspecified atom stereocenters. The molecule has 0 saturated carbocycles. The van der Waals surface area contributed by atoms with Gasteiger partial charge >= 0.3 is 6.18 Å². The number of nitrogens with zero attached hydrogens (tertiary/aromatic N) is 2. The van der Waals surface area contributed by atoms with Crippen LogP contribution in [-0.2, 0) is 6.18 Å². The highest BCUT2D eigenvalue weighted by atomic mass is 35.5. The summed E-state index contributed by atoms with van der Waals surface area (Å²) in [5.74, 6) is -0.860. The second-order valence-corrected chi connectivity index (χ2v) is 6.27. The number of Topliss-reactive ketones (excluding diaryl/α,β-unsaturated/α-hetero) is 1. The number of rotatable bonds is 4. The van der Waals surface area contributed by atoms with Gasteiger partial charge < -0.3 is 5.32 Å². The summed E-state index contributed by atoms with van der Waals surface area (Å²) in [5, 5.41) is 6.37. The van der Waals surface area contributed by atoms with Gasteiger partial charge in [0.15, 0.2) is 5.78 Å². The number of nitrogens with one attached hydrogen (secondary N) is 1. The number of halogens is 4. The highest BCUT2D eigenvalue weighted by Crippen LogP contribution is 2.32. The molecule has 3 rings (SSSR count). The van der Waals surface area contributed by atoms with Crippen molar-refractivity contribution in [2.45, 2.75) is 13.1 Å². The van der Waals surface area contributed by atoms with Crippen LogP contribution in [-0.4, -0.2) is 21.5 Å². The van der Waals surface area contributed by atoms with Crippen LogP contribution in [0.1, 0.15) is 33.3 Å². The number of amides is 1. The zero-order valence-electron chi connectivity index (χ0n) is 14.4. The average Bonchev–Trinajstić information content (AvgIpc) is 3.05. The number of alkyl halides is 3. The Morgan fingerprint density at radius 2 is 1.75 bits per heavy atom. The van der Waals surface area contributed by atoms with E-state index in [1.54, 1.807) is 30.3 Å². The Labute approximate surface area is 162 Å². The van der Waals surface area contributed by atoms with E-state index < -0.39 is 17.6 Å². The van der Waals surface area contributed by atoms with E-state index in [-0.39, 0.29) is 27.9 Å². The second kappa shape index (κ2) is 7.47. The van der Waals surface area contributed by atoms with E-state index in [4.69, 9.17) is 11.6 Å². The first-order valence-corrected chi connectivity index (χ1v) is 8.39. The Kier molecular flexibility index (Phi) is 5.24. The number of hydrogen-bond donors (Lipinski definition) is 1. The van der Waals surface area contributed by atoms with Crippen LogP contribution in [0.4, 0.5) is 19.0 Å². The number of carbonyl (C=O) groups excluding carboxylic acids is 2. The van der Waals surface area contributed by atoms with Crippen molar-refractivity contribution in [3.8, 4) is 5.69 Å². The zero-order valence-corrected chi connectivity index (χ0v) is 15.2. The van der Waals surface area contributed by atoms with E-state index in [0.29, 0.717) is 11.8 Å². The number of anilines is 1. The molecule has 0 bridgehead atoms. The predicted molar refractivity (Wildman–Crippen MR) is 98.0 cm³/mol. The molecule has 28 heavy (non-hydrogen) atoms. The molecule has 1 N–H and O–H groups in total. The van der Waals surface area contributed by atoms with Crippen LogP contribution in [0.15, 0.2) is 54.6 Å². The Balaban J connectivity index is 1.95. The smallest absolute Gasteiger partial charge is 0.306 e. The minimum Gasteiger partial charge on any atom is -0.306 e. The molecule has 9 heteroatoms. The summed E-state index contributed by atoms with van der Waals surface area (Å²) in [6.45, 7) is 1.33. The molecular formula is C19H13ClF3N3O2. The predicted octanol–water partition coefficient (Wildman–Crippen LogP) is 5.00. The minimum atomic E-state index is -4.57. The molecular weight excluding hydrogens is 395 g/mol. The summed E-state index contributed by atoms with van der Waals surface area (Å²) in [4.78, 5) is 24.2. The van der Waals surface area contributed by atoms with E-state index in [0.717, 1.165) is 12.1 Å². The van der Waals surface area contributed by atoms with E-state index in [1.165, 1.54) is 17.7 Å². The van der Waals surface area contributed by atoms with Crippen molar-refractivity contribution >= 4 is 29.1 Å². The van der Waals surface area contributed by atoms with Crippen molar-refractivity contribution in [2.24, 2.45) is 0 Å².